The van der Waals surface area contributed by atoms with Crippen molar-refractivity contribution in [2.24, 2.45) is 0 Å². The molecule has 0 saturated carbocycles. The summed E-state index contributed by atoms with van der Waals surface area (Å²) in [6, 6.07) is 0. The number of halogens is 1. The van der Waals surface area contributed by atoms with Crippen LogP contribution in [0.5, 0.6) is 0 Å². The number of hydrogen-bond acceptors (Lipinski definition) is 6. The zero-order valence-corrected chi connectivity index (χ0v) is 13.2. The fourth-order valence-electron chi connectivity index (χ4n) is 2.01. The van der Waals surface area contributed by atoms with E-state index in [9.17, 15) is 4.79 Å². The van der Waals surface area contributed by atoms with E-state index in [0.29, 0.717) is 22.8 Å². The van der Waals surface area contributed by atoms with E-state index < -0.39 is 0 Å². The Morgan fingerprint density at radius 3 is 2.65 bits per heavy atom. The first-order valence-corrected chi connectivity index (χ1v) is 7.74. The molecule has 0 atom stereocenters. The number of carbonyl (C=O) groups is 1. The third-order valence-electron chi connectivity index (χ3n) is 2.95. The summed E-state index contributed by atoms with van der Waals surface area (Å²) >= 11 is 7.35. The van der Waals surface area contributed by atoms with Gasteiger partial charge in [0.05, 0.1) is 17.6 Å². The van der Waals surface area contributed by atoms with E-state index >= 15 is 0 Å². The van der Waals surface area contributed by atoms with E-state index in [1.807, 2.05) is 18.7 Å². The van der Waals surface area contributed by atoms with Gasteiger partial charge in [-0.2, -0.15) is 4.98 Å². The minimum absolute atomic E-state index is 0.191. The molecule has 7 heteroatoms. The molecule has 0 aliphatic carbocycles. The van der Waals surface area contributed by atoms with Crippen LogP contribution in [0.15, 0.2) is 5.38 Å². The molecule has 0 amide bonds. The molecule has 5 nitrogen and oxygen atoms in total. The Morgan fingerprint density at radius 2 is 2.05 bits per heavy atom. The minimum Gasteiger partial charge on any atom is -0.462 e. The first-order valence-electron chi connectivity index (χ1n) is 6.49. The van der Waals surface area contributed by atoms with Crippen molar-refractivity contribution >= 4 is 44.9 Å². The Labute approximate surface area is 126 Å². The lowest BCUT2D eigenvalue weighted by Gasteiger charge is -2.21. The Balaban J connectivity index is 2.65. The van der Waals surface area contributed by atoms with E-state index in [2.05, 4.69) is 9.97 Å². The molecule has 2 aromatic rings. The van der Waals surface area contributed by atoms with Crippen molar-refractivity contribution < 1.29 is 9.53 Å². The zero-order valence-electron chi connectivity index (χ0n) is 11.6. The number of anilines is 1. The molecule has 2 heterocycles. The third kappa shape index (κ3) is 2.71. The van der Waals surface area contributed by atoms with Gasteiger partial charge in [0.15, 0.2) is 0 Å². The zero-order chi connectivity index (χ0) is 14.7. The van der Waals surface area contributed by atoms with Crippen LogP contribution in [0, 0.1) is 0 Å². The summed E-state index contributed by atoms with van der Waals surface area (Å²) in [5.74, 6) is 0.340. The lowest BCUT2D eigenvalue weighted by molar-refractivity contribution is 0.0529. The van der Waals surface area contributed by atoms with E-state index in [0.717, 1.165) is 18.5 Å². The molecule has 2 aromatic heterocycles. The Kier molecular flexibility index (Phi) is 4.77. The van der Waals surface area contributed by atoms with Gasteiger partial charge in [-0.15, -0.1) is 11.3 Å². The van der Waals surface area contributed by atoms with Crippen LogP contribution < -0.4 is 4.90 Å². The highest BCUT2D eigenvalue weighted by atomic mass is 35.5. The van der Waals surface area contributed by atoms with Gasteiger partial charge in [-0.05, 0) is 32.4 Å². The van der Waals surface area contributed by atoms with E-state index in [-0.39, 0.29) is 11.3 Å². The van der Waals surface area contributed by atoms with Gasteiger partial charge in [-0.3, -0.25) is 0 Å². The average Bonchev–Trinajstić information content (AvgIpc) is 2.84. The first kappa shape index (κ1) is 15.0. The van der Waals surface area contributed by atoms with Gasteiger partial charge in [0.1, 0.15) is 10.6 Å². The molecule has 0 aliphatic rings. The van der Waals surface area contributed by atoms with Crippen molar-refractivity contribution in [1.82, 2.24) is 9.97 Å². The van der Waals surface area contributed by atoms with Crippen molar-refractivity contribution in [1.29, 1.82) is 0 Å². The Hall–Kier alpha value is -1.40. The fourth-order valence-corrected chi connectivity index (χ4v) is 3.13. The normalized spacial score (nSPS) is 10.8. The fraction of sp³-hybridized carbons (Fsp3) is 0.462. The molecule has 0 saturated heterocycles. The van der Waals surface area contributed by atoms with Crippen LogP contribution in [0.4, 0.5) is 5.82 Å². The second-order valence-electron chi connectivity index (χ2n) is 4.04. The van der Waals surface area contributed by atoms with Gasteiger partial charge in [-0.25, -0.2) is 9.78 Å². The predicted octanol–water partition coefficient (Wildman–Crippen LogP) is 3.37. The summed E-state index contributed by atoms with van der Waals surface area (Å²) in [6.45, 7) is 7.73. The molecule has 0 aromatic carbocycles. The summed E-state index contributed by atoms with van der Waals surface area (Å²) < 4.78 is 5.09. The Bertz CT molecular complexity index is 625. The number of ether oxygens (including phenoxy) is 1. The van der Waals surface area contributed by atoms with Gasteiger partial charge in [0.25, 0.3) is 0 Å². The average molecular weight is 314 g/mol. The molecule has 2 rings (SSSR count). The predicted molar refractivity (Wildman–Crippen MR) is 81.9 cm³/mol. The summed E-state index contributed by atoms with van der Waals surface area (Å²) in [7, 11) is 0. The number of nitrogens with zero attached hydrogens (tertiary/aromatic N) is 3. The largest absolute Gasteiger partial charge is 0.462 e. The second-order valence-corrected chi connectivity index (χ2v) is 5.23. The van der Waals surface area contributed by atoms with Crippen molar-refractivity contribution in [3.63, 3.8) is 0 Å². The summed E-state index contributed by atoms with van der Waals surface area (Å²) in [6.07, 6.45) is 0. The van der Waals surface area contributed by atoms with Crippen molar-refractivity contribution in [2.75, 3.05) is 24.6 Å². The number of thiophene rings is 1. The highest BCUT2D eigenvalue weighted by Gasteiger charge is 2.21. The third-order valence-corrected chi connectivity index (χ3v) is 3.99. The molecule has 0 fully saturated rings. The Morgan fingerprint density at radius 1 is 1.35 bits per heavy atom. The second kappa shape index (κ2) is 6.37. The van der Waals surface area contributed by atoms with Gasteiger partial charge in [-0.1, -0.05) is 0 Å². The molecule has 0 radical (unpaired) electrons. The standard InChI is InChI=1S/C13H16ClN3O2S/c1-4-17(5-2)10-9-8(12(18)19-6-3)7-20-11(9)16-13(14)15-10/h7H,4-6H2,1-3H3. The maximum absolute atomic E-state index is 12.0. The van der Waals surface area contributed by atoms with Crippen LogP contribution in [0.2, 0.25) is 5.28 Å². The number of carbonyl (C=O) groups excluding carboxylic acids is 1. The molecule has 108 valence electrons. The van der Waals surface area contributed by atoms with Crippen molar-refractivity contribution in [3.8, 4) is 0 Å². The van der Waals surface area contributed by atoms with Crippen LogP contribution in [0.25, 0.3) is 10.2 Å². The maximum Gasteiger partial charge on any atom is 0.339 e. The molecular formula is C13H16ClN3O2S. The first-order chi connectivity index (χ1) is 9.62. The number of hydrogen-bond donors (Lipinski definition) is 0. The minimum atomic E-state index is -0.349. The number of aromatic nitrogens is 2. The van der Waals surface area contributed by atoms with Gasteiger partial charge < -0.3 is 9.64 Å². The molecule has 0 spiro atoms. The quantitative estimate of drug-likeness (QED) is 0.625. The van der Waals surface area contributed by atoms with Gasteiger partial charge in [0.2, 0.25) is 5.28 Å². The van der Waals surface area contributed by atoms with Crippen molar-refractivity contribution in [3.05, 3.63) is 16.2 Å². The topological polar surface area (TPSA) is 55.3 Å². The molecule has 0 N–H and O–H groups in total. The summed E-state index contributed by atoms with van der Waals surface area (Å²) in [5, 5.41) is 2.67. The number of fused-ring (bicyclic) bond motifs is 1. The number of esters is 1. The monoisotopic (exact) mass is 313 g/mol. The van der Waals surface area contributed by atoms with Gasteiger partial charge >= 0.3 is 5.97 Å². The van der Waals surface area contributed by atoms with Crippen molar-refractivity contribution in [2.45, 2.75) is 20.8 Å². The van der Waals surface area contributed by atoms with Crippen LogP contribution in [0.3, 0.4) is 0 Å². The molecule has 0 unspecified atom stereocenters. The lowest BCUT2D eigenvalue weighted by atomic mass is 10.2. The van der Waals surface area contributed by atoms with E-state index in [1.165, 1.54) is 11.3 Å². The van der Waals surface area contributed by atoms with Crippen LogP contribution in [-0.4, -0.2) is 35.6 Å². The smallest absolute Gasteiger partial charge is 0.339 e. The van der Waals surface area contributed by atoms with E-state index in [1.54, 1.807) is 12.3 Å². The number of rotatable bonds is 5. The van der Waals surface area contributed by atoms with Gasteiger partial charge in [0, 0.05) is 18.5 Å². The SMILES string of the molecule is CCOC(=O)c1csc2nc(Cl)nc(N(CC)CC)c12. The molecule has 0 aliphatic heterocycles. The molecule has 0 bridgehead atoms. The van der Waals surface area contributed by atoms with Crippen LogP contribution >= 0.6 is 22.9 Å². The maximum atomic E-state index is 12.0. The molecule has 20 heavy (non-hydrogen) atoms. The lowest BCUT2D eigenvalue weighted by Crippen LogP contribution is -2.23. The summed E-state index contributed by atoms with van der Waals surface area (Å²) in [5.41, 5.74) is 0.505. The molecular weight excluding hydrogens is 298 g/mol. The highest BCUT2D eigenvalue weighted by Crippen LogP contribution is 2.33. The van der Waals surface area contributed by atoms with Crippen LogP contribution in [0.1, 0.15) is 31.1 Å². The van der Waals surface area contributed by atoms with Crippen LogP contribution in [-0.2, 0) is 4.74 Å². The van der Waals surface area contributed by atoms with E-state index in [4.69, 9.17) is 16.3 Å². The highest BCUT2D eigenvalue weighted by molar-refractivity contribution is 7.17. The summed E-state index contributed by atoms with van der Waals surface area (Å²) in [4.78, 5) is 23.3.